The van der Waals surface area contributed by atoms with Crippen LogP contribution >= 0.6 is 11.3 Å². The van der Waals surface area contributed by atoms with Gasteiger partial charge in [-0.15, -0.1) is 0 Å². The molecule has 0 spiro atoms. The summed E-state index contributed by atoms with van der Waals surface area (Å²) >= 11 is 1.71. The van der Waals surface area contributed by atoms with Gasteiger partial charge in [-0.05, 0) is 18.6 Å². The normalized spacial score (nSPS) is 15.4. The summed E-state index contributed by atoms with van der Waals surface area (Å²) in [6, 6.07) is 6.26. The Morgan fingerprint density at radius 1 is 1.13 bits per heavy atom. The Kier molecular flexibility index (Phi) is 3.57. The Hall–Kier alpha value is -2.28. The van der Waals surface area contributed by atoms with Crippen molar-refractivity contribution in [1.82, 2.24) is 15.0 Å². The van der Waals surface area contributed by atoms with Gasteiger partial charge in [0.05, 0.1) is 16.4 Å². The van der Waals surface area contributed by atoms with Gasteiger partial charge < -0.3 is 9.80 Å². The summed E-state index contributed by atoms with van der Waals surface area (Å²) in [5.41, 5.74) is 2.28. The van der Waals surface area contributed by atoms with Crippen molar-refractivity contribution in [3.05, 3.63) is 42.1 Å². The Morgan fingerprint density at radius 3 is 2.65 bits per heavy atom. The molecule has 0 N–H and O–H groups in total. The summed E-state index contributed by atoms with van der Waals surface area (Å²) in [5.74, 6) is 0.0244. The fourth-order valence-corrected chi connectivity index (χ4v) is 3.95. The van der Waals surface area contributed by atoms with Crippen LogP contribution in [0.3, 0.4) is 0 Å². The average Bonchev–Trinajstić information content (AvgIpc) is 3.01. The quantitative estimate of drug-likeness (QED) is 0.723. The zero-order valence-corrected chi connectivity index (χ0v) is 13.6. The summed E-state index contributed by atoms with van der Waals surface area (Å²) < 4.78 is 15.0. The molecule has 23 heavy (non-hydrogen) atoms. The van der Waals surface area contributed by atoms with Crippen molar-refractivity contribution in [3.63, 3.8) is 0 Å². The smallest absolute Gasteiger partial charge is 0.186 e. The van der Waals surface area contributed by atoms with Gasteiger partial charge in [-0.25, -0.2) is 19.3 Å². The van der Waals surface area contributed by atoms with E-state index in [1.54, 1.807) is 11.3 Å². The number of hydrogen-bond donors (Lipinski definition) is 0. The summed E-state index contributed by atoms with van der Waals surface area (Å²) in [6.07, 6.45) is 2.60. The highest BCUT2D eigenvalue weighted by Gasteiger charge is 2.22. The molecule has 0 aliphatic carbocycles. The van der Waals surface area contributed by atoms with Crippen LogP contribution in [0.5, 0.6) is 0 Å². The monoisotopic (exact) mass is 329 g/mol. The number of rotatable bonds is 2. The van der Waals surface area contributed by atoms with Gasteiger partial charge in [-0.3, -0.25) is 0 Å². The van der Waals surface area contributed by atoms with Crippen LogP contribution in [0, 0.1) is 12.7 Å². The summed E-state index contributed by atoms with van der Waals surface area (Å²) in [7, 11) is 0. The lowest BCUT2D eigenvalue weighted by Crippen LogP contribution is -2.47. The number of aromatic nitrogens is 3. The minimum absolute atomic E-state index is 0.364. The van der Waals surface area contributed by atoms with Crippen molar-refractivity contribution in [1.29, 1.82) is 0 Å². The van der Waals surface area contributed by atoms with Gasteiger partial charge in [-0.2, -0.15) is 0 Å². The standard InChI is InChI=1S/C16H16FN5S/c1-11-3-2-4-13-14(11)20-16(23-13)22-7-5-21(6-8-22)15-12(17)9-18-10-19-15/h2-4,9-10H,5-8H2,1H3. The number of piperazine rings is 1. The second-order valence-corrected chi connectivity index (χ2v) is 6.60. The maximum atomic E-state index is 13.8. The molecule has 2 aromatic heterocycles. The predicted octanol–water partition coefficient (Wildman–Crippen LogP) is 2.86. The van der Waals surface area contributed by atoms with Crippen molar-refractivity contribution >= 4 is 32.5 Å². The van der Waals surface area contributed by atoms with E-state index < -0.39 is 0 Å². The van der Waals surface area contributed by atoms with Crippen molar-refractivity contribution in [2.24, 2.45) is 0 Å². The first-order chi connectivity index (χ1) is 11.2. The number of halogens is 1. The van der Waals surface area contributed by atoms with E-state index in [9.17, 15) is 4.39 Å². The van der Waals surface area contributed by atoms with Gasteiger partial charge in [0.25, 0.3) is 0 Å². The second kappa shape index (κ2) is 5.73. The molecule has 1 aromatic carbocycles. The van der Waals surface area contributed by atoms with Crippen LogP contribution in [0.15, 0.2) is 30.7 Å². The van der Waals surface area contributed by atoms with Crippen LogP contribution in [0.2, 0.25) is 0 Å². The molecule has 4 rings (SSSR count). The Bertz CT molecular complexity index is 841. The number of benzene rings is 1. The lowest BCUT2D eigenvalue weighted by molar-refractivity contribution is 0.582. The van der Waals surface area contributed by atoms with Crippen LogP contribution in [0.4, 0.5) is 15.3 Å². The highest BCUT2D eigenvalue weighted by atomic mass is 32.1. The number of aryl methyl sites for hydroxylation is 1. The van der Waals surface area contributed by atoms with E-state index in [0.717, 1.165) is 36.8 Å². The van der Waals surface area contributed by atoms with Crippen molar-refractivity contribution in [2.45, 2.75) is 6.92 Å². The number of hydrogen-bond acceptors (Lipinski definition) is 6. The first-order valence-corrected chi connectivity index (χ1v) is 8.35. The molecule has 0 saturated carbocycles. The number of thiazole rings is 1. The first-order valence-electron chi connectivity index (χ1n) is 7.54. The molecule has 0 radical (unpaired) electrons. The highest BCUT2D eigenvalue weighted by molar-refractivity contribution is 7.22. The third kappa shape index (κ3) is 2.61. The second-order valence-electron chi connectivity index (χ2n) is 5.59. The van der Waals surface area contributed by atoms with Crippen LogP contribution in [-0.2, 0) is 0 Å². The molecule has 0 unspecified atom stereocenters. The van der Waals surface area contributed by atoms with Gasteiger partial charge in [0.15, 0.2) is 16.8 Å². The third-order valence-corrected chi connectivity index (χ3v) is 5.19. The SMILES string of the molecule is Cc1cccc2sc(N3CCN(c4ncncc4F)CC3)nc12. The molecule has 7 heteroatoms. The van der Waals surface area contributed by atoms with E-state index in [2.05, 4.69) is 40.0 Å². The molecule has 3 heterocycles. The minimum atomic E-state index is -0.364. The van der Waals surface area contributed by atoms with Crippen LogP contribution in [-0.4, -0.2) is 41.1 Å². The molecular formula is C16H16FN5S. The van der Waals surface area contributed by atoms with Crippen LogP contribution < -0.4 is 9.80 Å². The van der Waals surface area contributed by atoms with Gasteiger partial charge >= 0.3 is 0 Å². The summed E-state index contributed by atoms with van der Waals surface area (Å²) in [6.45, 7) is 5.15. The van der Waals surface area contributed by atoms with E-state index in [4.69, 9.17) is 4.98 Å². The number of anilines is 2. The molecule has 3 aromatic rings. The van der Waals surface area contributed by atoms with E-state index in [-0.39, 0.29) is 5.82 Å². The highest BCUT2D eigenvalue weighted by Crippen LogP contribution is 2.31. The Labute approximate surface area is 137 Å². The molecule has 0 atom stereocenters. The maximum Gasteiger partial charge on any atom is 0.186 e. The van der Waals surface area contributed by atoms with Crippen molar-refractivity contribution in [3.8, 4) is 0 Å². The zero-order chi connectivity index (χ0) is 15.8. The molecule has 1 saturated heterocycles. The van der Waals surface area contributed by atoms with E-state index in [1.165, 1.54) is 22.8 Å². The maximum absolute atomic E-state index is 13.8. The molecule has 1 aliphatic heterocycles. The number of fused-ring (bicyclic) bond motifs is 1. The molecule has 0 bridgehead atoms. The summed E-state index contributed by atoms with van der Waals surface area (Å²) in [5, 5.41) is 1.04. The first kappa shape index (κ1) is 14.3. The van der Waals surface area contributed by atoms with Gasteiger partial charge in [0.2, 0.25) is 0 Å². The van der Waals surface area contributed by atoms with Gasteiger partial charge in [0.1, 0.15) is 6.33 Å². The number of nitrogens with zero attached hydrogens (tertiary/aromatic N) is 5. The topological polar surface area (TPSA) is 45.2 Å². The third-order valence-electron chi connectivity index (χ3n) is 4.11. The van der Waals surface area contributed by atoms with E-state index in [0.29, 0.717) is 5.82 Å². The Morgan fingerprint density at radius 2 is 1.91 bits per heavy atom. The van der Waals surface area contributed by atoms with Crippen LogP contribution in [0.1, 0.15) is 5.56 Å². The molecule has 1 aliphatic rings. The molecule has 1 fully saturated rings. The fourth-order valence-electron chi connectivity index (χ4n) is 2.86. The molecule has 5 nitrogen and oxygen atoms in total. The van der Waals surface area contributed by atoms with E-state index in [1.807, 2.05) is 4.90 Å². The lowest BCUT2D eigenvalue weighted by atomic mass is 10.2. The van der Waals surface area contributed by atoms with Crippen molar-refractivity contribution in [2.75, 3.05) is 36.0 Å². The van der Waals surface area contributed by atoms with Gasteiger partial charge in [0, 0.05) is 26.2 Å². The molecule has 118 valence electrons. The van der Waals surface area contributed by atoms with Gasteiger partial charge in [-0.1, -0.05) is 23.5 Å². The minimum Gasteiger partial charge on any atom is -0.351 e. The van der Waals surface area contributed by atoms with Crippen LogP contribution in [0.25, 0.3) is 10.2 Å². The predicted molar refractivity (Wildman–Crippen MR) is 90.8 cm³/mol. The zero-order valence-electron chi connectivity index (χ0n) is 12.7. The summed E-state index contributed by atoms with van der Waals surface area (Å²) in [4.78, 5) is 16.8. The van der Waals surface area contributed by atoms with E-state index >= 15 is 0 Å². The molecular weight excluding hydrogens is 313 g/mol. The lowest BCUT2D eigenvalue weighted by Gasteiger charge is -2.35. The number of para-hydroxylation sites is 1. The molecule has 0 amide bonds. The largest absolute Gasteiger partial charge is 0.351 e. The fraction of sp³-hybridized carbons (Fsp3) is 0.312. The Balaban J connectivity index is 1.53. The average molecular weight is 329 g/mol. The van der Waals surface area contributed by atoms with Crippen molar-refractivity contribution < 1.29 is 4.39 Å².